The fourth-order valence-electron chi connectivity index (χ4n) is 2.86. The quantitative estimate of drug-likeness (QED) is 0.809. The molecular weight excluding hydrogens is 228 g/mol. The van der Waals surface area contributed by atoms with Crippen LogP contribution in [0.15, 0.2) is 24.5 Å². The third-order valence-corrected chi connectivity index (χ3v) is 3.51. The SMILES string of the molecule is CC1(C)CC(Oc2ccncc2)CC(C)(C)N1[O]. The van der Waals surface area contributed by atoms with Crippen molar-refractivity contribution >= 4 is 0 Å². The third-order valence-electron chi connectivity index (χ3n) is 3.51. The molecule has 0 aromatic carbocycles. The van der Waals surface area contributed by atoms with Crippen molar-refractivity contribution in [2.75, 3.05) is 0 Å². The number of aromatic nitrogens is 1. The van der Waals surface area contributed by atoms with Gasteiger partial charge in [0.2, 0.25) is 0 Å². The van der Waals surface area contributed by atoms with E-state index in [1.54, 1.807) is 12.4 Å². The number of hydroxylamine groups is 2. The molecule has 0 saturated carbocycles. The highest BCUT2D eigenvalue weighted by molar-refractivity contribution is 5.17. The van der Waals surface area contributed by atoms with E-state index in [2.05, 4.69) is 4.98 Å². The van der Waals surface area contributed by atoms with E-state index in [1.165, 1.54) is 5.06 Å². The molecule has 1 fully saturated rings. The Kier molecular flexibility index (Phi) is 3.34. The smallest absolute Gasteiger partial charge is 0.122 e. The van der Waals surface area contributed by atoms with Gasteiger partial charge in [-0.3, -0.25) is 4.98 Å². The van der Waals surface area contributed by atoms with Gasteiger partial charge in [-0.05, 0) is 39.8 Å². The largest absolute Gasteiger partial charge is 0.490 e. The highest BCUT2D eigenvalue weighted by Crippen LogP contribution is 2.38. The zero-order chi connectivity index (χ0) is 13.4. The number of piperidine rings is 1. The molecule has 1 saturated heterocycles. The summed E-state index contributed by atoms with van der Waals surface area (Å²) in [7, 11) is 0. The normalized spacial score (nSPS) is 23.8. The molecule has 0 amide bonds. The minimum absolute atomic E-state index is 0.0719. The highest BCUT2D eigenvalue weighted by Gasteiger charge is 2.47. The van der Waals surface area contributed by atoms with Gasteiger partial charge in [0.05, 0.1) is 0 Å². The van der Waals surface area contributed by atoms with E-state index in [9.17, 15) is 5.21 Å². The first-order valence-electron chi connectivity index (χ1n) is 6.35. The monoisotopic (exact) mass is 249 g/mol. The first-order chi connectivity index (χ1) is 8.31. The summed E-state index contributed by atoms with van der Waals surface area (Å²) in [5.41, 5.74) is -0.779. The number of rotatable bonds is 2. The highest BCUT2D eigenvalue weighted by atomic mass is 16.5. The van der Waals surface area contributed by atoms with Crippen molar-refractivity contribution < 1.29 is 9.94 Å². The van der Waals surface area contributed by atoms with Gasteiger partial charge in [-0.2, -0.15) is 0 Å². The van der Waals surface area contributed by atoms with E-state index in [4.69, 9.17) is 4.74 Å². The summed E-state index contributed by atoms with van der Waals surface area (Å²) in [5.74, 6) is 0.820. The fraction of sp³-hybridized carbons (Fsp3) is 0.643. The summed E-state index contributed by atoms with van der Waals surface area (Å²) in [6, 6.07) is 3.70. The van der Waals surface area contributed by atoms with Gasteiger partial charge in [0.1, 0.15) is 11.9 Å². The molecule has 1 aromatic rings. The third kappa shape index (κ3) is 2.65. The molecule has 1 aromatic heterocycles. The van der Waals surface area contributed by atoms with E-state index < -0.39 is 0 Å². The molecule has 0 atom stereocenters. The van der Waals surface area contributed by atoms with Crippen molar-refractivity contribution in [2.24, 2.45) is 0 Å². The van der Waals surface area contributed by atoms with Gasteiger partial charge in [-0.25, -0.2) is 0 Å². The van der Waals surface area contributed by atoms with Crippen LogP contribution >= 0.6 is 0 Å². The Morgan fingerprint density at radius 1 is 1.17 bits per heavy atom. The Morgan fingerprint density at radius 2 is 1.67 bits per heavy atom. The van der Waals surface area contributed by atoms with Crippen LogP contribution in [0.1, 0.15) is 40.5 Å². The van der Waals surface area contributed by atoms with Gasteiger partial charge in [0, 0.05) is 36.3 Å². The van der Waals surface area contributed by atoms with Crippen LogP contribution in [0, 0.1) is 0 Å². The molecule has 2 heterocycles. The second-order valence-corrected chi connectivity index (χ2v) is 6.25. The topological polar surface area (TPSA) is 45.3 Å². The molecule has 0 aliphatic carbocycles. The number of pyridine rings is 1. The number of ether oxygens (including phenoxy) is 1. The fourth-order valence-corrected chi connectivity index (χ4v) is 2.86. The average Bonchev–Trinajstić information content (AvgIpc) is 2.26. The van der Waals surface area contributed by atoms with Crippen molar-refractivity contribution in [1.29, 1.82) is 0 Å². The standard InChI is InChI=1S/C14H21N2O2/c1-13(2)9-12(10-14(3,4)16(13)17)18-11-5-7-15-8-6-11/h5-8,12H,9-10H2,1-4H3. The Balaban J connectivity index is 2.12. The number of hydrogen-bond acceptors (Lipinski definition) is 3. The number of hydrogen-bond donors (Lipinski definition) is 0. The molecule has 0 spiro atoms. The maximum atomic E-state index is 12.2. The van der Waals surface area contributed by atoms with Gasteiger partial charge in [0.15, 0.2) is 0 Å². The summed E-state index contributed by atoms with van der Waals surface area (Å²) < 4.78 is 5.97. The Bertz CT molecular complexity index is 386. The lowest BCUT2D eigenvalue weighted by Crippen LogP contribution is -2.60. The average molecular weight is 249 g/mol. The van der Waals surface area contributed by atoms with Crippen LogP contribution in [0.5, 0.6) is 5.75 Å². The van der Waals surface area contributed by atoms with Crippen molar-refractivity contribution in [2.45, 2.75) is 57.7 Å². The molecular formula is C14H21N2O2. The van der Waals surface area contributed by atoms with E-state index in [-0.39, 0.29) is 17.2 Å². The van der Waals surface area contributed by atoms with E-state index in [0.29, 0.717) is 0 Å². The van der Waals surface area contributed by atoms with Crippen LogP contribution in [0.25, 0.3) is 0 Å². The van der Waals surface area contributed by atoms with Gasteiger partial charge in [-0.1, -0.05) is 0 Å². The Labute approximate surface area is 109 Å². The maximum Gasteiger partial charge on any atom is 0.122 e. The van der Waals surface area contributed by atoms with Crippen LogP contribution in [0.4, 0.5) is 0 Å². The molecule has 1 aliphatic rings. The van der Waals surface area contributed by atoms with Gasteiger partial charge >= 0.3 is 0 Å². The molecule has 18 heavy (non-hydrogen) atoms. The predicted octanol–water partition coefficient (Wildman–Crippen LogP) is 2.83. The predicted molar refractivity (Wildman–Crippen MR) is 68.6 cm³/mol. The lowest BCUT2D eigenvalue weighted by Gasteiger charge is -2.49. The minimum atomic E-state index is -0.389. The molecule has 0 bridgehead atoms. The van der Waals surface area contributed by atoms with Crippen LogP contribution < -0.4 is 4.74 Å². The molecule has 1 radical (unpaired) electrons. The van der Waals surface area contributed by atoms with Gasteiger partial charge < -0.3 is 4.74 Å². The van der Waals surface area contributed by atoms with Crippen molar-refractivity contribution in [3.63, 3.8) is 0 Å². The molecule has 2 rings (SSSR count). The van der Waals surface area contributed by atoms with Gasteiger partial charge in [-0.15, -0.1) is 10.3 Å². The van der Waals surface area contributed by atoms with Crippen LogP contribution in [-0.2, 0) is 5.21 Å². The molecule has 99 valence electrons. The molecule has 0 unspecified atom stereocenters. The molecule has 4 nitrogen and oxygen atoms in total. The Hall–Kier alpha value is -1.13. The molecule has 1 aliphatic heterocycles. The minimum Gasteiger partial charge on any atom is -0.490 e. The first-order valence-corrected chi connectivity index (χ1v) is 6.35. The zero-order valence-electron chi connectivity index (χ0n) is 11.5. The van der Waals surface area contributed by atoms with Crippen LogP contribution in [-0.4, -0.2) is 27.2 Å². The number of nitrogens with zero attached hydrogens (tertiary/aromatic N) is 2. The summed E-state index contributed by atoms with van der Waals surface area (Å²) in [5, 5.41) is 13.4. The second-order valence-electron chi connectivity index (χ2n) is 6.25. The summed E-state index contributed by atoms with van der Waals surface area (Å²) in [6.07, 6.45) is 4.98. The first kappa shape index (κ1) is 13.3. The van der Waals surface area contributed by atoms with Crippen molar-refractivity contribution in [3.8, 4) is 5.75 Å². The van der Waals surface area contributed by atoms with Crippen molar-refractivity contribution in [1.82, 2.24) is 10.0 Å². The zero-order valence-corrected chi connectivity index (χ0v) is 11.5. The summed E-state index contributed by atoms with van der Waals surface area (Å²) >= 11 is 0. The molecule has 0 N–H and O–H groups in total. The summed E-state index contributed by atoms with van der Waals surface area (Å²) in [6.45, 7) is 7.90. The van der Waals surface area contributed by atoms with Crippen LogP contribution in [0.2, 0.25) is 0 Å². The summed E-state index contributed by atoms with van der Waals surface area (Å²) in [4.78, 5) is 3.97. The lowest BCUT2D eigenvalue weighted by molar-refractivity contribution is -0.296. The van der Waals surface area contributed by atoms with E-state index >= 15 is 0 Å². The van der Waals surface area contributed by atoms with E-state index in [1.807, 2.05) is 39.8 Å². The molecule has 4 heteroatoms. The van der Waals surface area contributed by atoms with E-state index in [0.717, 1.165) is 18.6 Å². The van der Waals surface area contributed by atoms with Crippen molar-refractivity contribution in [3.05, 3.63) is 24.5 Å². The second kappa shape index (κ2) is 4.52. The van der Waals surface area contributed by atoms with Crippen LogP contribution in [0.3, 0.4) is 0 Å². The Morgan fingerprint density at radius 3 is 2.17 bits per heavy atom. The lowest BCUT2D eigenvalue weighted by atomic mass is 9.80. The van der Waals surface area contributed by atoms with Gasteiger partial charge in [0.25, 0.3) is 0 Å². The maximum absolute atomic E-state index is 12.2.